The monoisotopic (exact) mass is 490 g/mol. The Morgan fingerprint density at radius 3 is 2.82 bits per heavy atom. The average Bonchev–Trinajstić information content (AvgIpc) is 3.48. The second-order valence-electron chi connectivity index (χ2n) is 9.57. The number of benzene rings is 1. The van der Waals surface area contributed by atoms with Gasteiger partial charge in [-0.05, 0) is 68.2 Å². The van der Waals surface area contributed by atoms with E-state index >= 15 is 0 Å². The van der Waals surface area contributed by atoms with E-state index in [1.807, 2.05) is 30.2 Å². The maximum Gasteiger partial charge on any atom is 0.237 e. The van der Waals surface area contributed by atoms with Crippen LogP contribution >= 0.6 is 11.3 Å². The zero-order chi connectivity index (χ0) is 24.1. The lowest BCUT2D eigenvalue weighted by molar-refractivity contribution is -0.136. The number of fused-ring (bicyclic) bond motifs is 1. The molecule has 186 valence electrons. The van der Waals surface area contributed by atoms with Crippen molar-refractivity contribution in [1.82, 2.24) is 9.80 Å². The summed E-state index contributed by atoms with van der Waals surface area (Å²) in [7, 11) is 0. The van der Waals surface area contributed by atoms with E-state index in [9.17, 15) is 14.3 Å². The predicted molar refractivity (Wildman–Crippen MR) is 131 cm³/mol. The molecule has 0 saturated heterocycles. The van der Waals surface area contributed by atoms with Crippen molar-refractivity contribution in [3.05, 3.63) is 52.0 Å². The molecule has 2 atom stereocenters. The first-order valence-electron chi connectivity index (χ1n) is 12.2. The van der Waals surface area contributed by atoms with Gasteiger partial charge in [-0.15, -0.1) is 11.3 Å². The molecule has 1 aromatic heterocycles. The summed E-state index contributed by atoms with van der Waals surface area (Å²) in [5, 5.41) is 12.5. The number of aliphatic hydroxyl groups is 1. The number of rotatable bonds is 12. The van der Waals surface area contributed by atoms with Crippen LogP contribution in [0.15, 0.2) is 35.7 Å². The van der Waals surface area contributed by atoms with E-state index in [4.69, 9.17) is 9.47 Å². The summed E-state index contributed by atoms with van der Waals surface area (Å²) in [6.45, 7) is 6.39. The van der Waals surface area contributed by atoms with Crippen LogP contribution in [0, 0.1) is 11.7 Å². The van der Waals surface area contributed by atoms with Crippen LogP contribution < -0.4 is 4.74 Å². The zero-order valence-corrected chi connectivity index (χ0v) is 20.8. The van der Waals surface area contributed by atoms with Crippen LogP contribution in [-0.4, -0.2) is 72.4 Å². The molecule has 1 fully saturated rings. The number of carbonyl (C=O) groups excluding carboxylic acids is 1. The van der Waals surface area contributed by atoms with Gasteiger partial charge in [-0.1, -0.05) is 12.1 Å². The van der Waals surface area contributed by atoms with Gasteiger partial charge in [0.1, 0.15) is 6.61 Å². The fourth-order valence-corrected chi connectivity index (χ4v) is 5.34. The SMILES string of the molecule is CC(C)OC[C@H](O)CN(CC(=O)N1CCc2sccc2[C@H]1COc1ccccc1F)CC1CC1. The van der Waals surface area contributed by atoms with Crippen LogP contribution in [0.2, 0.25) is 0 Å². The number of hydrogen-bond acceptors (Lipinski definition) is 6. The number of carbonyl (C=O) groups is 1. The van der Waals surface area contributed by atoms with Crippen molar-refractivity contribution in [3.63, 3.8) is 0 Å². The summed E-state index contributed by atoms with van der Waals surface area (Å²) in [5.74, 6) is 0.392. The molecule has 1 aliphatic carbocycles. The van der Waals surface area contributed by atoms with Crippen molar-refractivity contribution in [3.8, 4) is 5.75 Å². The van der Waals surface area contributed by atoms with E-state index in [2.05, 4.69) is 4.90 Å². The molecule has 0 unspecified atom stereocenters. The van der Waals surface area contributed by atoms with Crippen molar-refractivity contribution in [2.45, 2.75) is 51.4 Å². The van der Waals surface area contributed by atoms with E-state index in [-0.39, 0.29) is 43.6 Å². The first-order chi connectivity index (χ1) is 16.4. The van der Waals surface area contributed by atoms with Gasteiger partial charge in [0, 0.05) is 24.5 Å². The van der Waals surface area contributed by atoms with Crippen LogP contribution in [-0.2, 0) is 16.0 Å². The lowest BCUT2D eigenvalue weighted by Gasteiger charge is -2.37. The third-order valence-electron chi connectivity index (χ3n) is 6.31. The largest absolute Gasteiger partial charge is 0.488 e. The topological polar surface area (TPSA) is 62.2 Å². The molecule has 6 nitrogen and oxygen atoms in total. The Hall–Kier alpha value is -2.00. The molecule has 2 aromatic rings. The van der Waals surface area contributed by atoms with Gasteiger partial charge >= 0.3 is 0 Å². The summed E-state index contributed by atoms with van der Waals surface area (Å²) in [6, 6.07) is 8.13. The molecule has 2 aliphatic rings. The molecule has 0 radical (unpaired) electrons. The van der Waals surface area contributed by atoms with Crippen LogP contribution in [0.3, 0.4) is 0 Å². The summed E-state index contributed by atoms with van der Waals surface area (Å²) in [6.07, 6.45) is 2.56. The minimum absolute atomic E-state index is 0.0108. The van der Waals surface area contributed by atoms with E-state index in [1.165, 1.54) is 23.8 Å². The van der Waals surface area contributed by atoms with Crippen molar-refractivity contribution in [2.75, 3.05) is 39.4 Å². The highest BCUT2D eigenvalue weighted by atomic mass is 32.1. The fourth-order valence-electron chi connectivity index (χ4n) is 4.41. The van der Waals surface area contributed by atoms with Crippen LogP contribution in [0.5, 0.6) is 5.75 Å². The first-order valence-corrected chi connectivity index (χ1v) is 13.0. The minimum atomic E-state index is -0.640. The maximum absolute atomic E-state index is 14.1. The zero-order valence-electron chi connectivity index (χ0n) is 20.0. The van der Waals surface area contributed by atoms with Gasteiger partial charge in [-0.2, -0.15) is 0 Å². The Morgan fingerprint density at radius 1 is 1.29 bits per heavy atom. The van der Waals surface area contributed by atoms with Gasteiger partial charge < -0.3 is 19.5 Å². The number of hydrogen-bond donors (Lipinski definition) is 1. The Kier molecular flexibility index (Phi) is 8.58. The molecule has 1 saturated carbocycles. The summed E-state index contributed by atoms with van der Waals surface area (Å²) in [5.41, 5.74) is 1.08. The van der Waals surface area contributed by atoms with Gasteiger partial charge in [0.05, 0.1) is 31.4 Å². The lowest BCUT2D eigenvalue weighted by Crippen LogP contribution is -2.48. The number of para-hydroxylation sites is 1. The van der Waals surface area contributed by atoms with Crippen LogP contribution in [0.25, 0.3) is 0 Å². The quantitative estimate of drug-likeness (QED) is 0.489. The number of thiophene rings is 1. The highest BCUT2D eigenvalue weighted by Crippen LogP contribution is 2.35. The van der Waals surface area contributed by atoms with Gasteiger partial charge in [0.2, 0.25) is 5.91 Å². The van der Waals surface area contributed by atoms with Gasteiger partial charge in [-0.25, -0.2) is 4.39 Å². The highest BCUT2D eigenvalue weighted by molar-refractivity contribution is 7.10. The lowest BCUT2D eigenvalue weighted by atomic mass is 10.0. The molecule has 1 aliphatic heterocycles. The van der Waals surface area contributed by atoms with Crippen molar-refractivity contribution < 1.29 is 23.8 Å². The Morgan fingerprint density at radius 2 is 2.09 bits per heavy atom. The third-order valence-corrected chi connectivity index (χ3v) is 7.31. The average molecular weight is 491 g/mol. The second-order valence-corrected chi connectivity index (χ2v) is 10.6. The predicted octanol–water partition coefficient (Wildman–Crippen LogP) is 3.89. The smallest absolute Gasteiger partial charge is 0.237 e. The van der Waals surface area contributed by atoms with E-state index in [0.717, 1.165) is 18.5 Å². The molecule has 0 spiro atoms. The van der Waals surface area contributed by atoms with E-state index < -0.39 is 11.9 Å². The molecule has 4 rings (SSSR count). The number of amides is 1. The summed E-state index contributed by atoms with van der Waals surface area (Å²) < 4.78 is 25.5. The Balaban J connectivity index is 1.43. The fraction of sp³-hybridized carbons (Fsp3) is 0.577. The van der Waals surface area contributed by atoms with Gasteiger partial charge in [-0.3, -0.25) is 9.69 Å². The van der Waals surface area contributed by atoms with Gasteiger partial charge in [0.15, 0.2) is 11.6 Å². The molecule has 2 heterocycles. The molecule has 8 heteroatoms. The number of ether oxygens (including phenoxy) is 2. The first kappa shape index (κ1) is 25.1. The number of aliphatic hydroxyl groups excluding tert-OH is 1. The number of halogens is 1. The van der Waals surface area contributed by atoms with E-state index in [0.29, 0.717) is 19.0 Å². The van der Waals surface area contributed by atoms with Crippen LogP contribution in [0.1, 0.15) is 43.2 Å². The normalized spacial score (nSPS) is 18.9. The molecule has 1 N–H and O–H groups in total. The summed E-state index contributed by atoms with van der Waals surface area (Å²) >= 11 is 1.69. The van der Waals surface area contributed by atoms with E-state index in [1.54, 1.807) is 29.5 Å². The standard InChI is InChI=1S/C26H35FN2O4S/c1-18(2)32-16-20(30)14-28(13-19-7-8-19)15-26(31)29-11-9-25-21(10-12-34-25)23(29)17-33-24-6-4-3-5-22(24)27/h3-6,10,12,18-20,23,30H,7-9,11,13-17H2,1-2H3/t20-,23-/m1/s1. The Labute approximate surface area is 205 Å². The third kappa shape index (κ3) is 6.78. The number of nitrogens with zero attached hydrogens (tertiary/aromatic N) is 2. The summed E-state index contributed by atoms with van der Waals surface area (Å²) in [4.78, 5) is 18.7. The van der Waals surface area contributed by atoms with Crippen molar-refractivity contribution in [2.24, 2.45) is 5.92 Å². The van der Waals surface area contributed by atoms with Gasteiger partial charge in [0.25, 0.3) is 0 Å². The second kappa shape index (κ2) is 11.6. The molecular weight excluding hydrogens is 455 g/mol. The minimum Gasteiger partial charge on any atom is -0.488 e. The molecule has 1 aromatic carbocycles. The Bertz CT molecular complexity index is 948. The van der Waals surface area contributed by atoms with Crippen molar-refractivity contribution >= 4 is 17.2 Å². The molecule has 0 bridgehead atoms. The molecular formula is C26H35FN2O4S. The maximum atomic E-state index is 14.1. The molecule has 1 amide bonds. The van der Waals surface area contributed by atoms with Crippen molar-refractivity contribution in [1.29, 1.82) is 0 Å². The molecule has 34 heavy (non-hydrogen) atoms. The highest BCUT2D eigenvalue weighted by Gasteiger charge is 2.34. The van der Waals surface area contributed by atoms with Crippen LogP contribution in [0.4, 0.5) is 4.39 Å².